The molecule has 2 rings (SSSR count). The van der Waals surface area contributed by atoms with Gasteiger partial charge in [-0.25, -0.2) is 0 Å². The van der Waals surface area contributed by atoms with Gasteiger partial charge in [-0.15, -0.1) is 12.3 Å². The summed E-state index contributed by atoms with van der Waals surface area (Å²) in [4.78, 5) is 14.2. The van der Waals surface area contributed by atoms with Gasteiger partial charge in [0.05, 0.1) is 13.2 Å². The highest BCUT2D eigenvalue weighted by atomic mass is 16.5. The highest BCUT2D eigenvalue weighted by molar-refractivity contribution is 5.76. The first kappa shape index (κ1) is 15.9. The SMILES string of the molecule is C#CCCC1(CCC(=O)NCC(C)N2CCOCC2)N=N1. The topological polar surface area (TPSA) is 66.3 Å². The average molecular weight is 292 g/mol. The van der Waals surface area contributed by atoms with E-state index in [0.717, 1.165) is 32.7 Å². The quantitative estimate of drug-likeness (QED) is 0.683. The maximum absolute atomic E-state index is 11.9. The van der Waals surface area contributed by atoms with E-state index in [4.69, 9.17) is 11.2 Å². The first-order chi connectivity index (χ1) is 10.2. The molecule has 6 heteroatoms. The number of hydrogen-bond donors (Lipinski definition) is 1. The Hall–Kier alpha value is -1.45. The van der Waals surface area contributed by atoms with Crippen molar-refractivity contribution in [3.05, 3.63) is 0 Å². The third-order valence-electron chi connectivity index (χ3n) is 4.07. The van der Waals surface area contributed by atoms with Crippen molar-refractivity contribution in [1.82, 2.24) is 10.2 Å². The molecule has 1 saturated heterocycles. The predicted molar refractivity (Wildman–Crippen MR) is 79.8 cm³/mol. The molecule has 0 spiro atoms. The van der Waals surface area contributed by atoms with E-state index < -0.39 is 0 Å². The zero-order valence-corrected chi connectivity index (χ0v) is 12.7. The van der Waals surface area contributed by atoms with Crippen LogP contribution in [-0.4, -0.2) is 55.4 Å². The molecule has 2 aliphatic heterocycles. The number of rotatable bonds is 8. The number of carbonyl (C=O) groups excluding carboxylic acids is 1. The Morgan fingerprint density at radius 2 is 2.14 bits per heavy atom. The summed E-state index contributed by atoms with van der Waals surface area (Å²) in [5, 5.41) is 11.1. The number of terminal acetylenes is 1. The largest absolute Gasteiger partial charge is 0.379 e. The van der Waals surface area contributed by atoms with Gasteiger partial charge in [-0.2, -0.15) is 10.2 Å². The molecule has 0 aromatic carbocycles. The molecule has 1 unspecified atom stereocenters. The van der Waals surface area contributed by atoms with Crippen molar-refractivity contribution in [1.29, 1.82) is 0 Å². The van der Waals surface area contributed by atoms with Gasteiger partial charge in [-0.1, -0.05) is 0 Å². The zero-order chi connectivity index (χ0) is 15.1. The molecule has 21 heavy (non-hydrogen) atoms. The number of hydrogen-bond acceptors (Lipinski definition) is 5. The lowest BCUT2D eigenvalue weighted by Gasteiger charge is -2.32. The maximum Gasteiger partial charge on any atom is 0.220 e. The molecule has 1 N–H and O–H groups in total. The monoisotopic (exact) mass is 292 g/mol. The Balaban J connectivity index is 1.60. The summed E-state index contributed by atoms with van der Waals surface area (Å²) < 4.78 is 5.33. The fraction of sp³-hybridized carbons (Fsp3) is 0.800. The van der Waals surface area contributed by atoms with Crippen LogP contribution in [0.2, 0.25) is 0 Å². The van der Waals surface area contributed by atoms with E-state index in [-0.39, 0.29) is 11.6 Å². The Bertz CT molecular complexity index is 418. The van der Waals surface area contributed by atoms with Gasteiger partial charge in [0.2, 0.25) is 5.91 Å². The van der Waals surface area contributed by atoms with Crippen LogP contribution in [0.5, 0.6) is 0 Å². The standard InChI is InChI=1S/C15H24N4O2/c1-3-4-6-15(17-18-15)7-5-14(20)16-12-13(2)19-8-10-21-11-9-19/h1,13H,4-12H2,2H3,(H,16,20). The molecule has 0 aliphatic carbocycles. The fourth-order valence-electron chi connectivity index (χ4n) is 2.48. The lowest BCUT2D eigenvalue weighted by molar-refractivity contribution is -0.121. The Morgan fingerprint density at radius 1 is 1.43 bits per heavy atom. The second kappa shape index (κ2) is 7.53. The van der Waals surface area contributed by atoms with E-state index in [9.17, 15) is 4.79 Å². The second-order valence-corrected chi connectivity index (χ2v) is 5.69. The van der Waals surface area contributed by atoms with Gasteiger partial charge in [-0.05, 0) is 6.92 Å². The van der Waals surface area contributed by atoms with E-state index in [0.29, 0.717) is 31.8 Å². The van der Waals surface area contributed by atoms with Gasteiger partial charge >= 0.3 is 0 Å². The van der Waals surface area contributed by atoms with Crippen LogP contribution in [-0.2, 0) is 9.53 Å². The number of ether oxygens (including phenoxy) is 1. The van der Waals surface area contributed by atoms with Crippen LogP contribution in [0.4, 0.5) is 0 Å². The molecule has 0 aromatic rings. The minimum absolute atomic E-state index is 0.0625. The zero-order valence-electron chi connectivity index (χ0n) is 12.7. The molecule has 2 aliphatic rings. The predicted octanol–water partition coefficient (Wildman–Crippen LogP) is 1.18. The fourth-order valence-corrected chi connectivity index (χ4v) is 2.48. The lowest BCUT2D eigenvalue weighted by atomic mass is 10.0. The van der Waals surface area contributed by atoms with Crippen LogP contribution in [0, 0.1) is 12.3 Å². The highest BCUT2D eigenvalue weighted by Gasteiger charge is 2.39. The molecular formula is C15H24N4O2. The van der Waals surface area contributed by atoms with Crippen molar-refractivity contribution in [3.63, 3.8) is 0 Å². The maximum atomic E-state index is 11.9. The van der Waals surface area contributed by atoms with Crippen LogP contribution in [0.15, 0.2) is 10.2 Å². The van der Waals surface area contributed by atoms with Crippen LogP contribution < -0.4 is 5.32 Å². The Kier molecular flexibility index (Phi) is 5.71. The van der Waals surface area contributed by atoms with Crippen LogP contribution in [0.3, 0.4) is 0 Å². The summed E-state index contributed by atoms with van der Waals surface area (Å²) in [5.41, 5.74) is -0.362. The minimum atomic E-state index is -0.362. The van der Waals surface area contributed by atoms with Crippen LogP contribution in [0.1, 0.15) is 32.6 Å². The molecule has 0 aromatic heterocycles. The molecular weight excluding hydrogens is 268 g/mol. The van der Waals surface area contributed by atoms with Crippen molar-refractivity contribution in [3.8, 4) is 12.3 Å². The summed E-state index contributed by atoms with van der Waals surface area (Å²) in [6.45, 7) is 6.22. The number of morpholine rings is 1. The van der Waals surface area contributed by atoms with Gasteiger partial charge in [0.15, 0.2) is 5.66 Å². The van der Waals surface area contributed by atoms with Crippen LogP contribution >= 0.6 is 0 Å². The van der Waals surface area contributed by atoms with E-state index in [1.54, 1.807) is 0 Å². The van der Waals surface area contributed by atoms with Crippen molar-refractivity contribution in [2.75, 3.05) is 32.8 Å². The van der Waals surface area contributed by atoms with E-state index in [2.05, 4.69) is 33.3 Å². The second-order valence-electron chi connectivity index (χ2n) is 5.69. The minimum Gasteiger partial charge on any atom is -0.379 e. The summed E-state index contributed by atoms with van der Waals surface area (Å²) in [6, 6.07) is 0.337. The van der Waals surface area contributed by atoms with Crippen molar-refractivity contribution in [2.24, 2.45) is 10.2 Å². The first-order valence-corrected chi connectivity index (χ1v) is 7.61. The van der Waals surface area contributed by atoms with E-state index >= 15 is 0 Å². The molecule has 0 saturated carbocycles. The molecule has 1 amide bonds. The van der Waals surface area contributed by atoms with Gasteiger partial charge in [0.25, 0.3) is 0 Å². The van der Waals surface area contributed by atoms with Gasteiger partial charge in [0.1, 0.15) is 0 Å². The van der Waals surface area contributed by atoms with Gasteiger partial charge in [-0.3, -0.25) is 9.69 Å². The smallest absolute Gasteiger partial charge is 0.220 e. The van der Waals surface area contributed by atoms with Crippen molar-refractivity contribution >= 4 is 5.91 Å². The van der Waals surface area contributed by atoms with Crippen LogP contribution in [0.25, 0.3) is 0 Å². The molecule has 0 bridgehead atoms. The molecule has 0 radical (unpaired) electrons. The number of carbonyl (C=O) groups is 1. The van der Waals surface area contributed by atoms with Crippen molar-refractivity contribution < 1.29 is 9.53 Å². The molecule has 116 valence electrons. The molecule has 6 nitrogen and oxygen atoms in total. The van der Waals surface area contributed by atoms with E-state index in [1.165, 1.54) is 0 Å². The van der Waals surface area contributed by atoms with Crippen molar-refractivity contribution in [2.45, 2.75) is 44.3 Å². The number of amides is 1. The van der Waals surface area contributed by atoms with E-state index in [1.807, 2.05) is 0 Å². The first-order valence-electron chi connectivity index (χ1n) is 7.61. The normalized spacial score (nSPS) is 21.5. The Labute approximate surface area is 126 Å². The highest BCUT2D eigenvalue weighted by Crippen LogP contribution is 2.37. The molecule has 2 heterocycles. The summed E-state index contributed by atoms with van der Waals surface area (Å²) in [6.07, 6.45) is 7.76. The summed E-state index contributed by atoms with van der Waals surface area (Å²) >= 11 is 0. The lowest BCUT2D eigenvalue weighted by Crippen LogP contribution is -2.47. The summed E-state index contributed by atoms with van der Waals surface area (Å²) in [5.74, 6) is 2.65. The molecule has 1 fully saturated rings. The third kappa shape index (κ3) is 5.10. The summed E-state index contributed by atoms with van der Waals surface area (Å²) in [7, 11) is 0. The average Bonchev–Trinajstić information content (AvgIpc) is 3.30. The Morgan fingerprint density at radius 3 is 2.76 bits per heavy atom. The van der Waals surface area contributed by atoms with Gasteiger partial charge in [0, 0.05) is 51.4 Å². The van der Waals surface area contributed by atoms with Gasteiger partial charge < -0.3 is 10.1 Å². The number of nitrogens with one attached hydrogen (secondary N) is 1. The molecule has 1 atom stereocenters. The third-order valence-corrected chi connectivity index (χ3v) is 4.07. The number of nitrogens with zero attached hydrogens (tertiary/aromatic N) is 3.